The molecule has 6 heteroatoms. The van der Waals surface area contributed by atoms with Gasteiger partial charge in [0.05, 0.1) is 13.2 Å². The maximum absolute atomic E-state index is 14.1. The summed E-state index contributed by atoms with van der Waals surface area (Å²) in [5.74, 6) is -2.58. The van der Waals surface area contributed by atoms with E-state index in [0.29, 0.717) is 19.8 Å². The lowest BCUT2D eigenvalue weighted by Crippen LogP contribution is -2.44. The second-order valence-electron chi connectivity index (χ2n) is 4.62. The van der Waals surface area contributed by atoms with Crippen LogP contribution in [0.3, 0.4) is 0 Å². The maximum Gasteiger partial charge on any atom is 0.328 e. The molecule has 0 amide bonds. The molecule has 1 aliphatic heterocycles. The number of ether oxygens (including phenoxy) is 1. The van der Waals surface area contributed by atoms with E-state index >= 15 is 0 Å². The van der Waals surface area contributed by atoms with Crippen LogP contribution in [0, 0.1) is 11.6 Å². The summed E-state index contributed by atoms with van der Waals surface area (Å²) in [6.07, 6.45) is 1.99. The van der Waals surface area contributed by atoms with E-state index in [2.05, 4.69) is 0 Å². The molecule has 0 radical (unpaired) electrons. The summed E-state index contributed by atoms with van der Waals surface area (Å²) in [5, 5.41) is 8.51. The number of anilines is 1. The smallest absolute Gasteiger partial charge is 0.328 e. The van der Waals surface area contributed by atoms with Gasteiger partial charge in [-0.25, -0.2) is 13.6 Å². The minimum absolute atomic E-state index is 0.0896. The molecule has 1 saturated heterocycles. The summed E-state index contributed by atoms with van der Waals surface area (Å²) in [5.41, 5.74) is 0.0836. The normalized spacial score (nSPS) is 19.6. The van der Waals surface area contributed by atoms with Crippen LogP contribution >= 0.6 is 0 Å². The van der Waals surface area contributed by atoms with Crippen LogP contribution in [0.15, 0.2) is 18.2 Å². The number of carboxylic acid groups (broad SMARTS) is 1. The number of benzene rings is 1. The van der Waals surface area contributed by atoms with Gasteiger partial charge in [0.15, 0.2) is 0 Å². The van der Waals surface area contributed by atoms with Crippen molar-refractivity contribution in [1.29, 1.82) is 0 Å². The molecule has 1 aromatic rings. The van der Waals surface area contributed by atoms with Gasteiger partial charge in [-0.05, 0) is 30.7 Å². The largest absolute Gasteiger partial charge is 0.478 e. The Morgan fingerprint density at radius 1 is 1.45 bits per heavy atom. The van der Waals surface area contributed by atoms with Gasteiger partial charge in [0.2, 0.25) is 0 Å². The molecule has 2 rings (SSSR count). The molecule has 1 fully saturated rings. The Morgan fingerprint density at radius 2 is 2.10 bits per heavy atom. The van der Waals surface area contributed by atoms with Gasteiger partial charge < -0.3 is 14.7 Å². The molecule has 0 aromatic heterocycles. The van der Waals surface area contributed by atoms with Crippen LogP contribution in [-0.2, 0) is 9.53 Å². The topological polar surface area (TPSA) is 49.8 Å². The number of carbonyl (C=O) groups is 1. The van der Waals surface area contributed by atoms with Gasteiger partial charge in [-0.1, -0.05) is 0 Å². The average Bonchev–Trinajstić information content (AvgIpc) is 2.38. The molecule has 1 aromatic carbocycles. The third-order valence-corrected chi connectivity index (χ3v) is 3.11. The highest BCUT2D eigenvalue weighted by molar-refractivity contribution is 5.85. The molecule has 1 aliphatic rings. The fourth-order valence-corrected chi connectivity index (χ4v) is 2.18. The molecule has 0 saturated carbocycles. The highest BCUT2D eigenvalue weighted by Crippen LogP contribution is 2.28. The van der Waals surface area contributed by atoms with Crippen LogP contribution in [0.5, 0.6) is 0 Å². The van der Waals surface area contributed by atoms with E-state index in [-0.39, 0.29) is 17.3 Å². The molecular formula is C14H15F2NO3. The summed E-state index contributed by atoms with van der Waals surface area (Å²) >= 11 is 0. The first-order valence-electron chi connectivity index (χ1n) is 6.23. The van der Waals surface area contributed by atoms with Gasteiger partial charge in [0.25, 0.3) is 0 Å². The van der Waals surface area contributed by atoms with E-state index in [0.717, 1.165) is 24.3 Å². The van der Waals surface area contributed by atoms with Crippen molar-refractivity contribution in [2.75, 3.05) is 24.7 Å². The van der Waals surface area contributed by atoms with E-state index < -0.39 is 17.6 Å². The lowest BCUT2D eigenvalue weighted by Gasteiger charge is -2.35. The van der Waals surface area contributed by atoms with E-state index in [9.17, 15) is 13.6 Å². The zero-order valence-corrected chi connectivity index (χ0v) is 11.0. The van der Waals surface area contributed by atoms with Crippen LogP contribution in [0.4, 0.5) is 14.5 Å². The van der Waals surface area contributed by atoms with Gasteiger partial charge in [0.1, 0.15) is 17.3 Å². The predicted molar refractivity (Wildman–Crippen MR) is 70.7 cm³/mol. The van der Waals surface area contributed by atoms with Gasteiger partial charge in [-0.2, -0.15) is 0 Å². The monoisotopic (exact) mass is 283 g/mol. The Labute approximate surface area is 115 Å². The van der Waals surface area contributed by atoms with Gasteiger partial charge in [-0.15, -0.1) is 0 Å². The number of nitrogens with zero attached hydrogens (tertiary/aromatic N) is 1. The van der Waals surface area contributed by atoms with Crippen LogP contribution in [0.2, 0.25) is 0 Å². The molecule has 1 atom stereocenters. The third-order valence-electron chi connectivity index (χ3n) is 3.11. The SMILES string of the molecule is CC1COCCN1c1c(F)cc(C=CC(=O)O)cc1F. The summed E-state index contributed by atoms with van der Waals surface area (Å²) in [6, 6.07) is 2.13. The molecule has 0 spiro atoms. The third kappa shape index (κ3) is 3.14. The van der Waals surface area contributed by atoms with E-state index in [1.165, 1.54) is 0 Å². The summed E-state index contributed by atoms with van der Waals surface area (Å²) in [7, 11) is 0. The second kappa shape index (κ2) is 6.00. The molecule has 20 heavy (non-hydrogen) atoms. The van der Waals surface area contributed by atoms with E-state index in [1.807, 2.05) is 6.92 Å². The molecule has 1 unspecified atom stereocenters. The highest BCUT2D eigenvalue weighted by Gasteiger charge is 2.25. The van der Waals surface area contributed by atoms with Crippen molar-refractivity contribution in [2.24, 2.45) is 0 Å². The predicted octanol–water partition coefficient (Wildman–Crippen LogP) is 2.29. The first kappa shape index (κ1) is 14.5. The number of halogens is 2. The quantitative estimate of drug-likeness (QED) is 0.865. The number of hydrogen-bond donors (Lipinski definition) is 1. The van der Waals surface area contributed by atoms with Gasteiger partial charge >= 0.3 is 5.97 Å². The fraction of sp³-hybridized carbons (Fsp3) is 0.357. The lowest BCUT2D eigenvalue weighted by molar-refractivity contribution is -0.131. The number of hydrogen-bond acceptors (Lipinski definition) is 3. The summed E-state index contributed by atoms with van der Waals surface area (Å²) in [6.45, 7) is 3.08. The van der Waals surface area contributed by atoms with Crippen molar-refractivity contribution < 1.29 is 23.4 Å². The molecule has 1 N–H and O–H groups in total. The molecule has 1 heterocycles. The molecule has 4 nitrogen and oxygen atoms in total. The molecule has 0 aliphatic carbocycles. The first-order chi connectivity index (χ1) is 9.49. The maximum atomic E-state index is 14.1. The zero-order chi connectivity index (χ0) is 14.7. The van der Waals surface area contributed by atoms with Crippen molar-refractivity contribution in [2.45, 2.75) is 13.0 Å². The number of morpholine rings is 1. The van der Waals surface area contributed by atoms with Crippen molar-refractivity contribution in [3.8, 4) is 0 Å². The van der Waals surface area contributed by atoms with Crippen LogP contribution in [-0.4, -0.2) is 36.9 Å². The van der Waals surface area contributed by atoms with Crippen LogP contribution in [0.1, 0.15) is 12.5 Å². The number of rotatable bonds is 3. The Hall–Kier alpha value is -1.95. The Kier molecular flexibility index (Phi) is 4.34. The standard InChI is InChI=1S/C14H15F2NO3/c1-9-8-20-5-4-17(9)14-11(15)6-10(7-12(14)16)2-3-13(18)19/h2-3,6-7,9H,4-5,8H2,1H3,(H,18,19). The average molecular weight is 283 g/mol. The number of aliphatic carboxylic acids is 1. The van der Waals surface area contributed by atoms with Gasteiger partial charge in [0, 0.05) is 18.7 Å². The highest BCUT2D eigenvalue weighted by atomic mass is 19.1. The van der Waals surface area contributed by atoms with Crippen molar-refractivity contribution in [3.63, 3.8) is 0 Å². The summed E-state index contributed by atoms with van der Waals surface area (Å²) < 4.78 is 33.4. The minimum Gasteiger partial charge on any atom is -0.478 e. The Morgan fingerprint density at radius 3 is 2.65 bits per heavy atom. The van der Waals surface area contributed by atoms with Crippen molar-refractivity contribution in [3.05, 3.63) is 35.4 Å². The van der Waals surface area contributed by atoms with E-state index in [1.54, 1.807) is 4.90 Å². The fourth-order valence-electron chi connectivity index (χ4n) is 2.18. The molecule has 0 bridgehead atoms. The van der Waals surface area contributed by atoms with Crippen LogP contribution in [0.25, 0.3) is 6.08 Å². The van der Waals surface area contributed by atoms with Crippen LogP contribution < -0.4 is 4.90 Å². The first-order valence-corrected chi connectivity index (χ1v) is 6.23. The molecule has 108 valence electrons. The van der Waals surface area contributed by atoms with Crippen molar-refractivity contribution >= 4 is 17.7 Å². The molecular weight excluding hydrogens is 268 g/mol. The second-order valence-corrected chi connectivity index (χ2v) is 4.62. The zero-order valence-electron chi connectivity index (χ0n) is 11.0. The lowest BCUT2D eigenvalue weighted by atomic mass is 10.1. The number of carboxylic acids is 1. The Balaban J connectivity index is 2.33. The Bertz CT molecular complexity index is 522. The summed E-state index contributed by atoms with van der Waals surface area (Å²) in [4.78, 5) is 12.0. The van der Waals surface area contributed by atoms with E-state index in [4.69, 9.17) is 9.84 Å². The van der Waals surface area contributed by atoms with Gasteiger partial charge in [-0.3, -0.25) is 0 Å². The van der Waals surface area contributed by atoms with Crippen molar-refractivity contribution in [1.82, 2.24) is 0 Å². The minimum atomic E-state index is -1.17.